The minimum Gasteiger partial charge on any atom is -0.454 e. The number of hydrogen-bond donors (Lipinski definition) is 4. The summed E-state index contributed by atoms with van der Waals surface area (Å²) in [6.07, 6.45) is 0.581. The number of hydrogen-bond acceptors (Lipinski definition) is 7. The van der Waals surface area contributed by atoms with Crippen LogP contribution in [0.3, 0.4) is 0 Å². The van der Waals surface area contributed by atoms with Crippen LogP contribution in [0.2, 0.25) is 10.0 Å². The normalized spacial score (nSPS) is 30.3. The number of benzene rings is 2. The Hall–Kier alpha value is -2.72. The summed E-state index contributed by atoms with van der Waals surface area (Å²) in [7, 11) is 0. The van der Waals surface area contributed by atoms with E-state index in [0.717, 1.165) is 5.56 Å². The average molecular weight is 608 g/mol. The molecule has 2 amide bonds. The molecule has 0 bridgehead atoms. The van der Waals surface area contributed by atoms with Crippen molar-refractivity contribution >= 4 is 40.9 Å². The number of carbonyl (C=O) groups excluding carboxylic acids is 2. The molecule has 2 aromatic rings. The van der Waals surface area contributed by atoms with Crippen molar-refractivity contribution in [3.63, 3.8) is 0 Å². The Morgan fingerprint density at radius 3 is 2.59 bits per heavy atom. The van der Waals surface area contributed by atoms with E-state index in [-0.39, 0.29) is 37.6 Å². The number of carbonyl (C=O) groups is 2. The second-order valence-corrected chi connectivity index (χ2v) is 12.6. The highest BCUT2D eigenvalue weighted by atomic mass is 35.5. The quantitative estimate of drug-likeness (QED) is 0.326. The maximum atomic E-state index is 13.1. The summed E-state index contributed by atoms with van der Waals surface area (Å²) < 4.78 is 16.6. The lowest BCUT2D eigenvalue weighted by Gasteiger charge is -2.60. The van der Waals surface area contributed by atoms with Gasteiger partial charge in [0.25, 0.3) is 0 Å². The van der Waals surface area contributed by atoms with Crippen LogP contribution >= 0.6 is 23.2 Å². The number of aliphatic hydroxyl groups excluding tert-OH is 2. The van der Waals surface area contributed by atoms with E-state index in [0.29, 0.717) is 59.5 Å². The molecule has 5 rings (SSSR count). The van der Waals surface area contributed by atoms with Gasteiger partial charge in [0.15, 0.2) is 11.5 Å². The largest absolute Gasteiger partial charge is 0.454 e. The van der Waals surface area contributed by atoms with Crippen molar-refractivity contribution in [3.8, 4) is 11.5 Å². The number of amides is 2. The first kappa shape index (κ1) is 29.8. The van der Waals surface area contributed by atoms with E-state index in [1.165, 1.54) is 0 Å². The number of rotatable bonds is 7. The zero-order chi connectivity index (χ0) is 29.4. The van der Waals surface area contributed by atoms with Gasteiger partial charge in [-0.1, -0.05) is 43.1 Å². The van der Waals surface area contributed by atoms with Crippen molar-refractivity contribution in [1.82, 2.24) is 5.32 Å². The molecule has 2 saturated carbocycles. The molecule has 0 saturated heterocycles. The van der Waals surface area contributed by atoms with Gasteiger partial charge in [-0.25, -0.2) is 4.79 Å². The highest BCUT2D eigenvalue weighted by Gasteiger charge is 2.60. The fourth-order valence-electron chi connectivity index (χ4n) is 7.15. The van der Waals surface area contributed by atoms with Gasteiger partial charge in [0.1, 0.15) is 6.10 Å². The van der Waals surface area contributed by atoms with Crippen molar-refractivity contribution < 1.29 is 34.0 Å². The van der Waals surface area contributed by atoms with E-state index < -0.39 is 29.1 Å². The van der Waals surface area contributed by atoms with E-state index >= 15 is 0 Å². The Morgan fingerprint density at radius 1 is 1.05 bits per heavy atom. The topological polar surface area (TPSA) is 126 Å². The minimum atomic E-state index is -0.761. The second kappa shape index (κ2) is 11.9. The van der Waals surface area contributed by atoms with E-state index in [9.17, 15) is 19.8 Å². The Morgan fingerprint density at radius 2 is 1.83 bits per heavy atom. The van der Waals surface area contributed by atoms with Crippen molar-refractivity contribution in [1.29, 1.82) is 0 Å². The van der Waals surface area contributed by atoms with Gasteiger partial charge in [-0.2, -0.15) is 0 Å². The zero-order valence-electron chi connectivity index (χ0n) is 23.1. The Bertz CT molecular complexity index is 1310. The Balaban J connectivity index is 1.25. The van der Waals surface area contributed by atoms with Crippen LogP contribution in [0.4, 0.5) is 10.5 Å². The number of fused-ring (bicyclic) bond motifs is 2. The molecule has 4 N–H and O–H groups in total. The number of aliphatic hydroxyl groups is 2. The molecule has 1 heterocycles. The molecule has 0 spiro atoms. The van der Waals surface area contributed by atoms with Gasteiger partial charge in [0, 0.05) is 24.1 Å². The molecular formula is C30H36Cl2N2O7. The average Bonchev–Trinajstić information content (AvgIpc) is 3.41. The van der Waals surface area contributed by atoms with Crippen LogP contribution in [-0.4, -0.2) is 47.8 Å². The van der Waals surface area contributed by atoms with Gasteiger partial charge in [0.2, 0.25) is 12.7 Å². The summed E-state index contributed by atoms with van der Waals surface area (Å²) in [4.78, 5) is 26.0. The summed E-state index contributed by atoms with van der Waals surface area (Å²) in [5.41, 5.74) is 0.137. The highest BCUT2D eigenvalue weighted by Crippen LogP contribution is 2.61. The summed E-state index contributed by atoms with van der Waals surface area (Å²) in [5.74, 6) is 0.797. The maximum absolute atomic E-state index is 13.1. The van der Waals surface area contributed by atoms with Gasteiger partial charge in [0.05, 0.1) is 22.8 Å². The molecule has 41 heavy (non-hydrogen) atoms. The minimum absolute atomic E-state index is 0.0772. The molecule has 9 nitrogen and oxygen atoms in total. The van der Waals surface area contributed by atoms with Crippen molar-refractivity contribution in [3.05, 3.63) is 52.0 Å². The van der Waals surface area contributed by atoms with Gasteiger partial charge < -0.3 is 29.7 Å². The summed E-state index contributed by atoms with van der Waals surface area (Å²) in [6, 6.07) is 10.3. The predicted octanol–water partition coefficient (Wildman–Crippen LogP) is 5.53. The molecule has 222 valence electrons. The van der Waals surface area contributed by atoms with E-state index in [1.54, 1.807) is 18.2 Å². The van der Waals surface area contributed by atoms with Gasteiger partial charge >= 0.3 is 6.09 Å². The lowest BCUT2D eigenvalue weighted by molar-refractivity contribution is -0.185. The monoisotopic (exact) mass is 606 g/mol. The van der Waals surface area contributed by atoms with Crippen LogP contribution in [0.1, 0.15) is 51.5 Å². The van der Waals surface area contributed by atoms with Gasteiger partial charge in [-0.15, -0.1) is 0 Å². The van der Waals surface area contributed by atoms with E-state index in [4.69, 9.17) is 37.4 Å². The molecule has 1 aliphatic heterocycles. The smallest absolute Gasteiger partial charge is 0.411 e. The fourth-order valence-corrected chi connectivity index (χ4v) is 7.45. The standard InChI is InChI=1S/C30H36Cl2N2O7/c1-29-10-9-26(41-28(38)34-18-4-5-20(31)21(32)12-18)30(2,15-35)25(29)8-6-22(36)19(29)13-27(37)33-14-17-3-7-23-24(11-17)40-16-39-23/h3-5,7,11-12,19,22,25-26,35-36H,6,8-10,13-16H2,1-2H3,(H,33,37)(H,34,38)/t19-,22-,25-,26-,29+,30+/m1/s1. The van der Waals surface area contributed by atoms with Crippen LogP contribution in [-0.2, 0) is 16.1 Å². The molecule has 2 aromatic carbocycles. The van der Waals surface area contributed by atoms with Crippen LogP contribution in [0.25, 0.3) is 0 Å². The molecule has 6 atom stereocenters. The lowest BCUT2D eigenvalue weighted by Crippen LogP contribution is -2.61. The molecule has 2 fully saturated rings. The summed E-state index contributed by atoms with van der Waals surface area (Å²) in [5, 5.41) is 28.1. The summed E-state index contributed by atoms with van der Waals surface area (Å²) in [6.45, 7) is 4.34. The molecule has 0 unspecified atom stereocenters. The fraction of sp³-hybridized carbons (Fsp3) is 0.533. The molecule has 2 aliphatic carbocycles. The first-order chi connectivity index (χ1) is 19.5. The maximum Gasteiger partial charge on any atom is 0.411 e. The second-order valence-electron chi connectivity index (χ2n) is 11.8. The molecule has 3 aliphatic rings. The third kappa shape index (κ3) is 5.95. The van der Waals surface area contributed by atoms with Crippen LogP contribution in [0.15, 0.2) is 36.4 Å². The van der Waals surface area contributed by atoms with Gasteiger partial charge in [-0.3, -0.25) is 10.1 Å². The SMILES string of the molecule is C[C@]1(CO)[C@@H]2CC[C@@H](O)[C@@H](CC(=O)NCc3ccc4c(c3)OCO4)[C@]2(C)CC[C@H]1OC(=O)Nc1ccc(Cl)c(Cl)c1. The van der Waals surface area contributed by atoms with Crippen LogP contribution in [0, 0.1) is 22.7 Å². The highest BCUT2D eigenvalue weighted by molar-refractivity contribution is 6.42. The molecule has 11 heteroatoms. The molecular weight excluding hydrogens is 571 g/mol. The lowest BCUT2D eigenvalue weighted by atomic mass is 9.46. The van der Waals surface area contributed by atoms with Crippen molar-refractivity contribution in [2.24, 2.45) is 22.7 Å². The van der Waals surface area contributed by atoms with Crippen LogP contribution < -0.4 is 20.1 Å². The number of ether oxygens (including phenoxy) is 3. The van der Waals surface area contributed by atoms with Gasteiger partial charge in [-0.05, 0) is 78.8 Å². The zero-order valence-corrected chi connectivity index (χ0v) is 24.6. The van der Waals surface area contributed by atoms with E-state index in [1.807, 2.05) is 25.1 Å². The number of halogens is 2. The predicted molar refractivity (Wildman–Crippen MR) is 154 cm³/mol. The molecule has 0 radical (unpaired) electrons. The van der Waals surface area contributed by atoms with Crippen LogP contribution in [0.5, 0.6) is 11.5 Å². The number of nitrogens with one attached hydrogen (secondary N) is 2. The third-order valence-corrected chi connectivity index (χ3v) is 10.2. The summed E-state index contributed by atoms with van der Waals surface area (Å²) >= 11 is 12.0. The van der Waals surface area contributed by atoms with E-state index in [2.05, 4.69) is 17.6 Å². The Kier molecular flexibility index (Phi) is 8.62. The number of anilines is 1. The first-order valence-electron chi connectivity index (χ1n) is 13.9. The molecule has 0 aromatic heterocycles. The third-order valence-electron chi connectivity index (χ3n) is 9.42. The Labute approximate surface area is 249 Å². The van der Waals surface area contributed by atoms with Crippen molar-refractivity contribution in [2.75, 3.05) is 18.7 Å². The first-order valence-corrected chi connectivity index (χ1v) is 14.7. The van der Waals surface area contributed by atoms with Crippen molar-refractivity contribution in [2.45, 2.75) is 64.7 Å².